The van der Waals surface area contributed by atoms with Crippen molar-refractivity contribution in [2.75, 3.05) is 0 Å². The van der Waals surface area contributed by atoms with Crippen LogP contribution in [0, 0.1) is 0 Å². The number of nitrogens with zero attached hydrogens (tertiary/aromatic N) is 5. The topological polar surface area (TPSA) is 75.4 Å². The maximum atomic E-state index is 5.23. The molecule has 2 aliphatic heterocycles. The number of benzene rings is 7. The number of hydrogen-bond acceptors (Lipinski definition) is 8. The lowest BCUT2D eigenvalue weighted by Gasteiger charge is -2.24. The van der Waals surface area contributed by atoms with E-state index >= 15 is 0 Å². The molecule has 8 heteroatoms. The first-order valence-electron chi connectivity index (χ1n) is 18.4. The predicted octanol–water partition coefficient (Wildman–Crippen LogP) is 11.7. The monoisotopic (exact) mass is 756 g/mol. The third kappa shape index (κ3) is 6.81. The van der Waals surface area contributed by atoms with Crippen molar-refractivity contribution in [3.63, 3.8) is 0 Å². The Morgan fingerprint density at radius 3 is 1.68 bits per heavy atom. The van der Waals surface area contributed by atoms with Crippen molar-refractivity contribution in [3.05, 3.63) is 199 Å². The summed E-state index contributed by atoms with van der Waals surface area (Å²) in [6.45, 7) is 0. The zero-order valence-electron chi connectivity index (χ0n) is 30.0. The van der Waals surface area contributed by atoms with E-state index in [1.165, 1.54) is 14.7 Å². The molecule has 266 valence electrons. The molecular formula is C48H32N6S2. The lowest BCUT2D eigenvalue weighted by molar-refractivity contribution is 0.674. The fourth-order valence-electron chi connectivity index (χ4n) is 6.87. The van der Waals surface area contributed by atoms with Gasteiger partial charge in [0.25, 0.3) is 0 Å². The second-order valence-corrected chi connectivity index (χ2v) is 15.5. The molecule has 0 spiro atoms. The molecule has 1 N–H and O–H groups in total. The summed E-state index contributed by atoms with van der Waals surface area (Å²) in [4.78, 5) is 30.5. The van der Waals surface area contributed by atoms with Crippen LogP contribution < -0.4 is 5.32 Å². The van der Waals surface area contributed by atoms with E-state index in [9.17, 15) is 0 Å². The third-order valence-corrected chi connectivity index (χ3v) is 12.3. The summed E-state index contributed by atoms with van der Waals surface area (Å²) in [5.41, 5.74) is 7.91. The van der Waals surface area contributed by atoms with Gasteiger partial charge in [0.15, 0.2) is 23.3 Å². The van der Waals surface area contributed by atoms with Crippen LogP contribution in [0.15, 0.2) is 212 Å². The molecule has 2 aliphatic rings. The van der Waals surface area contributed by atoms with Crippen LogP contribution in [0.4, 0.5) is 0 Å². The number of nitrogens with one attached hydrogen (secondary N) is 1. The van der Waals surface area contributed by atoms with Gasteiger partial charge in [0.05, 0.1) is 0 Å². The van der Waals surface area contributed by atoms with Gasteiger partial charge in [-0.1, -0.05) is 169 Å². The summed E-state index contributed by atoms with van der Waals surface area (Å²) >= 11 is 3.56. The Morgan fingerprint density at radius 1 is 0.411 bits per heavy atom. The zero-order valence-corrected chi connectivity index (χ0v) is 31.6. The maximum absolute atomic E-state index is 5.23. The average Bonchev–Trinajstić information content (AvgIpc) is 3.29. The minimum Gasteiger partial charge on any atom is -0.344 e. The van der Waals surface area contributed by atoms with E-state index in [0.29, 0.717) is 23.3 Å². The van der Waals surface area contributed by atoms with Crippen molar-refractivity contribution in [3.8, 4) is 45.3 Å². The highest BCUT2D eigenvalue weighted by molar-refractivity contribution is 8.05. The van der Waals surface area contributed by atoms with Gasteiger partial charge in [-0.05, 0) is 53.1 Å². The predicted molar refractivity (Wildman–Crippen MR) is 228 cm³/mol. The maximum Gasteiger partial charge on any atom is 0.165 e. The molecule has 8 aromatic rings. The summed E-state index contributed by atoms with van der Waals surface area (Å²) in [6.07, 6.45) is -0.393. The Bertz CT molecular complexity index is 2790. The molecule has 1 aromatic heterocycles. The largest absolute Gasteiger partial charge is 0.344 e. The van der Waals surface area contributed by atoms with Crippen LogP contribution in [0.3, 0.4) is 0 Å². The van der Waals surface area contributed by atoms with Gasteiger partial charge < -0.3 is 5.32 Å². The molecule has 10 rings (SSSR count). The van der Waals surface area contributed by atoms with Gasteiger partial charge in [-0.2, -0.15) is 0 Å². The quantitative estimate of drug-likeness (QED) is 0.175. The summed E-state index contributed by atoms with van der Waals surface area (Å²) in [5.74, 6) is 3.27. The molecule has 0 bridgehead atoms. The van der Waals surface area contributed by atoms with E-state index in [-0.39, 0.29) is 0 Å². The lowest BCUT2D eigenvalue weighted by atomic mass is 10.0. The van der Waals surface area contributed by atoms with E-state index in [2.05, 4.69) is 127 Å². The molecule has 1 atom stereocenters. The fraction of sp³-hybridized carbons (Fsp3) is 0.0208. The number of aromatic nitrogens is 3. The van der Waals surface area contributed by atoms with Crippen LogP contribution in [0.25, 0.3) is 45.3 Å². The van der Waals surface area contributed by atoms with Gasteiger partial charge in [0.1, 0.15) is 12.0 Å². The highest BCUT2D eigenvalue weighted by Gasteiger charge is 2.24. The van der Waals surface area contributed by atoms with Gasteiger partial charge in [-0.15, -0.1) is 0 Å². The van der Waals surface area contributed by atoms with Crippen molar-refractivity contribution in [2.45, 2.75) is 25.7 Å². The molecule has 0 saturated carbocycles. The minimum absolute atomic E-state index is 0.393. The molecule has 3 heterocycles. The first kappa shape index (κ1) is 33.9. The number of rotatable bonds is 7. The Labute approximate surface area is 333 Å². The summed E-state index contributed by atoms with van der Waals surface area (Å²) in [5, 5.41) is 3.61. The van der Waals surface area contributed by atoms with Crippen LogP contribution in [0.1, 0.15) is 22.9 Å². The van der Waals surface area contributed by atoms with Gasteiger partial charge in [-0.3, -0.25) is 0 Å². The molecule has 0 fully saturated rings. The number of hydrogen-bond donors (Lipinski definition) is 1. The van der Waals surface area contributed by atoms with E-state index in [0.717, 1.165) is 55.2 Å². The standard InChI is InChI=1S/C48H32N6S2/c1-4-15-31(16-5-1)34-21-12-22-35(29-34)46-52-47(54-48(53-46)38-25-14-28-41-42(38)56-40-27-11-10-26-39(40)55-41)37-24-13-23-36(30-37)45-50-43(32-17-6-2-7-18-32)49-44(51-45)33-19-8-3-9-20-33/h1-30,45H,(H,49,50,51). The van der Waals surface area contributed by atoms with Crippen molar-refractivity contribution in [2.24, 2.45) is 9.98 Å². The van der Waals surface area contributed by atoms with Crippen LogP contribution in [-0.2, 0) is 0 Å². The number of fused-ring (bicyclic) bond motifs is 2. The Balaban J connectivity index is 1.10. The van der Waals surface area contributed by atoms with Gasteiger partial charge in [0.2, 0.25) is 0 Å². The van der Waals surface area contributed by atoms with Crippen LogP contribution >= 0.6 is 23.5 Å². The van der Waals surface area contributed by atoms with Crippen LogP contribution in [0.2, 0.25) is 0 Å². The molecule has 6 nitrogen and oxygen atoms in total. The Morgan fingerprint density at radius 2 is 0.946 bits per heavy atom. The summed E-state index contributed by atoms with van der Waals surface area (Å²) in [7, 11) is 0. The van der Waals surface area contributed by atoms with E-state index in [4.69, 9.17) is 24.9 Å². The zero-order chi connectivity index (χ0) is 37.3. The Kier molecular flexibility index (Phi) is 9.03. The normalized spacial score (nSPS) is 14.5. The highest BCUT2D eigenvalue weighted by atomic mass is 32.2. The molecule has 0 radical (unpaired) electrons. The fourth-order valence-corrected chi connectivity index (χ4v) is 9.25. The second kappa shape index (κ2) is 14.9. The van der Waals surface area contributed by atoms with E-state index in [1.807, 2.05) is 60.7 Å². The minimum atomic E-state index is -0.393. The smallest absolute Gasteiger partial charge is 0.165 e. The van der Waals surface area contributed by atoms with Crippen molar-refractivity contribution >= 4 is 35.2 Å². The number of aliphatic imine (C=N–C) groups is 2. The SMILES string of the molecule is c1ccc(C2=NC(c3cccc(-c4nc(-c5cccc(-c6ccccc6)c5)nc(-c5cccc6c5Sc5ccccc5S6)n4)c3)NC(c3ccccc3)=N2)cc1. The molecule has 0 amide bonds. The van der Waals surface area contributed by atoms with Gasteiger partial charge >= 0.3 is 0 Å². The first-order chi connectivity index (χ1) is 27.7. The first-order valence-corrected chi connectivity index (χ1v) is 20.0. The lowest BCUT2D eigenvalue weighted by Crippen LogP contribution is -2.33. The molecule has 1 unspecified atom stereocenters. The molecule has 56 heavy (non-hydrogen) atoms. The molecular weight excluding hydrogens is 725 g/mol. The molecule has 0 saturated heterocycles. The molecule has 0 aliphatic carbocycles. The average molecular weight is 757 g/mol. The highest BCUT2D eigenvalue weighted by Crippen LogP contribution is 2.51. The van der Waals surface area contributed by atoms with E-state index < -0.39 is 6.17 Å². The second-order valence-electron chi connectivity index (χ2n) is 13.4. The number of amidine groups is 2. The van der Waals surface area contributed by atoms with Crippen molar-refractivity contribution in [1.29, 1.82) is 0 Å². The van der Waals surface area contributed by atoms with Crippen LogP contribution in [0.5, 0.6) is 0 Å². The van der Waals surface area contributed by atoms with Gasteiger partial charge in [-0.25, -0.2) is 24.9 Å². The summed E-state index contributed by atoms with van der Waals surface area (Å²) in [6, 6.07) is 62.4. The van der Waals surface area contributed by atoms with Gasteiger partial charge in [0, 0.05) is 47.4 Å². The van der Waals surface area contributed by atoms with E-state index in [1.54, 1.807) is 23.5 Å². The Hall–Kier alpha value is -6.61. The van der Waals surface area contributed by atoms with Crippen molar-refractivity contribution < 1.29 is 0 Å². The summed E-state index contributed by atoms with van der Waals surface area (Å²) < 4.78 is 0. The van der Waals surface area contributed by atoms with Crippen molar-refractivity contribution in [1.82, 2.24) is 20.3 Å². The molecule has 7 aromatic carbocycles. The third-order valence-electron chi connectivity index (χ3n) is 9.65. The van der Waals surface area contributed by atoms with Crippen LogP contribution in [-0.4, -0.2) is 26.6 Å².